The molecule has 3 heterocycles. The topological polar surface area (TPSA) is 46.3 Å². The van der Waals surface area contributed by atoms with Gasteiger partial charge in [-0.05, 0) is 29.8 Å². The molecule has 7 heteroatoms. The van der Waals surface area contributed by atoms with Gasteiger partial charge in [-0.1, -0.05) is 23.7 Å². The number of carbonyl (C=O) groups is 1. The van der Waals surface area contributed by atoms with Crippen LogP contribution in [0.1, 0.15) is 15.9 Å². The van der Waals surface area contributed by atoms with Gasteiger partial charge in [0, 0.05) is 57.2 Å². The normalized spacial score (nSPS) is 15.3. The van der Waals surface area contributed by atoms with Crippen LogP contribution in [0.15, 0.2) is 55.0 Å². The fourth-order valence-corrected chi connectivity index (χ4v) is 3.75. The van der Waals surface area contributed by atoms with Gasteiger partial charge in [0.1, 0.15) is 11.4 Å². The summed E-state index contributed by atoms with van der Waals surface area (Å²) in [7, 11) is 1.86. The van der Waals surface area contributed by atoms with E-state index in [-0.39, 0.29) is 5.91 Å². The molecule has 1 aliphatic rings. The molecular formula is C20H22ClN5O. The maximum Gasteiger partial charge on any atom is 0.259 e. The van der Waals surface area contributed by atoms with Gasteiger partial charge in [-0.3, -0.25) is 14.4 Å². The van der Waals surface area contributed by atoms with Crippen molar-refractivity contribution in [2.24, 2.45) is 7.05 Å². The average Bonchev–Trinajstić information content (AvgIpc) is 3.31. The molecule has 0 N–H and O–H groups in total. The van der Waals surface area contributed by atoms with Crippen LogP contribution in [0.5, 0.6) is 0 Å². The summed E-state index contributed by atoms with van der Waals surface area (Å²) in [6, 6.07) is 11.8. The minimum Gasteiger partial charge on any atom is -0.336 e. The van der Waals surface area contributed by atoms with Gasteiger partial charge in [0.05, 0.1) is 6.20 Å². The van der Waals surface area contributed by atoms with Crippen LogP contribution in [0.3, 0.4) is 0 Å². The van der Waals surface area contributed by atoms with Gasteiger partial charge in [0.2, 0.25) is 0 Å². The van der Waals surface area contributed by atoms with Crippen molar-refractivity contribution in [1.29, 1.82) is 0 Å². The van der Waals surface area contributed by atoms with Crippen molar-refractivity contribution in [1.82, 2.24) is 24.1 Å². The average molecular weight is 384 g/mol. The van der Waals surface area contributed by atoms with Crippen LogP contribution in [0, 0.1) is 0 Å². The van der Waals surface area contributed by atoms with Crippen molar-refractivity contribution in [3.8, 4) is 5.82 Å². The number of hydrogen-bond donors (Lipinski definition) is 0. The number of carbonyl (C=O) groups excluding carboxylic acids is 1. The Morgan fingerprint density at radius 2 is 1.85 bits per heavy atom. The van der Waals surface area contributed by atoms with E-state index in [9.17, 15) is 4.79 Å². The third-order valence-electron chi connectivity index (χ3n) is 4.94. The second kappa shape index (κ2) is 7.58. The molecule has 1 aromatic carbocycles. The highest BCUT2D eigenvalue weighted by atomic mass is 35.5. The van der Waals surface area contributed by atoms with Gasteiger partial charge < -0.3 is 9.47 Å². The highest BCUT2D eigenvalue weighted by molar-refractivity contribution is 6.30. The summed E-state index contributed by atoms with van der Waals surface area (Å²) in [4.78, 5) is 17.3. The predicted molar refractivity (Wildman–Crippen MR) is 105 cm³/mol. The summed E-state index contributed by atoms with van der Waals surface area (Å²) >= 11 is 6.07. The first-order valence-electron chi connectivity index (χ1n) is 9.03. The van der Waals surface area contributed by atoms with Crippen LogP contribution in [-0.2, 0) is 13.6 Å². The van der Waals surface area contributed by atoms with E-state index in [1.807, 2.05) is 59.2 Å². The van der Waals surface area contributed by atoms with Crippen molar-refractivity contribution in [2.75, 3.05) is 26.2 Å². The van der Waals surface area contributed by atoms with E-state index in [2.05, 4.69) is 16.1 Å². The highest BCUT2D eigenvalue weighted by Gasteiger charge is 2.26. The summed E-state index contributed by atoms with van der Waals surface area (Å²) in [5.74, 6) is 0.834. The largest absolute Gasteiger partial charge is 0.336 e. The van der Waals surface area contributed by atoms with Crippen molar-refractivity contribution in [3.05, 3.63) is 71.1 Å². The molecule has 4 rings (SSSR count). The van der Waals surface area contributed by atoms with E-state index in [0.29, 0.717) is 18.7 Å². The van der Waals surface area contributed by atoms with Crippen LogP contribution in [0.2, 0.25) is 5.02 Å². The smallest absolute Gasteiger partial charge is 0.259 e. The highest BCUT2D eigenvalue weighted by Crippen LogP contribution is 2.18. The van der Waals surface area contributed by atoms with Crippen molar-refractivity contribution in [2.45, 2.75) is 6.54 Å². The lowest BCUT2D eigenvalue weighted by atomic mass is 10.2. The van der Waals surface area contributed by atoms with Crippen LogP contribution < -0.4 is 0 Å². The number of amides is 1. The Balaban J connectivity index is 1.42. The summed E-state index contributed by atoms with van der Waals surface area (Å²) < 4.78 is 3.66. The lowest BCUT2D eigenvalue weighted by Crippen LogP contribution is -2.48. The third-order valence-corrected chi connectivity index (χ3v) is 5.18. The third kappa shape index (κ3) is 3.77. The van der Waals surface area contributed by atoms with Crippen LogP contribution in [0.25, 0.3) is 5.82 Å². The molecule has 2 aromatic heterocycles. The zero-order chi connectivity index (χ0) is 18.8. The van der Waals surface area contributed by atoms with Crippen molar-refractivity contribution >= 4 is 17.5 Å². The first-order valence-corrected chi connectivity index (χ1v) is 9.41. The van der Waals surface area contributed by atoms with E-state index in [0.717, 1.165) is 30.5 Å². The van der Waals surface area contributed by atoms with E-state index in [1.54, 1.807) is 10.9 Å². The summed E-state index contributed by atoms with van der Waals surface area (Å²) in [5, 5.41) is 5.05. The molecule has 140 valence electrons. The maximum absolute atomic E-state index is 13.1. The number of nitrogens with zero attached hydrogens (tertiary/aromatic N) is 5. The Hall–Kier alpha value is -2.57. The fraction of sp³-hybridized carbons (Fsp3) is 0.300. The van der Waals surface area contributed by atoms with Gasteiger partial charge in [0.15, 0.2) is 0 Å². The zero-order valence-corrected chi connectivity index (χ0v) is 16.0. The molecular weight excluding hydrogens is 362 g/mol. The van der Waals surface area contributed by atoms with Crippen LogP contribution in [-0.4, -0.2) is 56.2 Å². The molecule has 27 heavy (non-hydrogen) atoms. The standard InChI is InChI=1S/C20H22ClN5O/c1-23-19(25-7-2-3-8-25)18(14-22-23)20(27)26-11-9-24(10-12-26)15-16-5-4-6-17(21)13-16/h2-8,13-14H,9-12,15H2,1H3. The monoisotopic (exact) mass is 383 g/mol. The number of rotatable bonds is 4. The summed E-state index contributed by atoms with van der Waals surface area (Å²) in [6.45, 7) is 3.96. The number of piperazine rings is 1. The van der Waals surface area contributed by atoms with E-state index in [1.165, 1.54) is 5.56 Å². The Bertz CT molecular complexity index is 926. The second-order valence-electron chi connectivity index (χ2n) is 6.79. The molecule has 6 nitrogen and oxygen atoms in total. The van der Waals surface area contributed by atoms with Crippen LogP contribution >= 0.6 is 11.6 Å². The van der Waals surface area contributed by atoms with Crippen molar-refractivity contribution < 1.29 is 4.79 Å². The Morgan fingerprint density at radius 3 is 2.56 bits per heavy atom. The molecule has 0 radical (unpaired) electrons. The summed E-state index contributed by atoms with van der Waals surface area (Å²) in [6.07, 6.45) is 5.52. The molecule has 0 bridgehead atoms. The number of benzene rings is 1. The molecule has 0 saturated carbocycles. The SMILES string of the molecule is Cn1ncc(C(=O)N2CCN(Cc3cccc(Cl)c3)CC2)c1-n1cccc1. The van der Waals surface area contributed by atoms with Gasteiger partial charge in [-0.15, -0.1) is 0 Å². The minimum atomic E-state index is 0.0363. The maximum atomic E-state index is 13.1. The van der Waals surface area contributed by atoms with Crippen molar-refractivity contribution in [3.63, 3.8) is 0 Å². The lowest BCUT2D eigenvalue weighted by Gasteiger charge is -2.34. The Morgan fingerprint density at radius 1 is 1.11 bits per heavy atom. The lowest BCUT2D eigenvalue weighted by molar-refractivity contribution is 0.0628. The van der Waals surface area contributed by atoms with E-state index < -0.39 is 0 Å². The summed E-state index contributed by atoms with van der Waals surface area (Å²) in [5.41, 5.74) is 1.83. The molecule has 0 unspecified atom stereocenters. The minimum absolute atomic E-state index is 0.0363. The van der Waals surface area contributed by atoms with Crippen LogP contribution in [0.4, 0.5) is 0 Å². The fourth-order valence-electron chi connectivity index (χ4n) is 3.54. The van der Waals surface area contributed by atoms with Gasteiger partial charge in [-0.2, -0.15) is 5.10 Å². The molecule has 1 aliphatic heterocycles. The number of aryl methyl sites for hydroxylation is 1. The second-order valence-corrected chi connectivity index (χ2v) is 7.23. The first-order chi connectivity index (χ1) is 13.1. The van der Waals surface area contributed by atoms with Gasteiger partial charge in [0.25, 0.3) is 5.91 Å². The number of halogens is 1. The molecule has 0 atom stereocenters. The first kappa shape index (κ1) is 17.8. The zero-order valence-electron chi connectivity index (χ0n) is 15.3. The van der Waals surface area contributed by atoms with Gasteiger partial charge >= 0.3 is 0 Å². The number of aromatic nitrogens is 3. The molecule has 0 aliphatic carbocycles. The molecule has 1 fully saturated rings. The predicted octanol–water partition coefficient (Wildman–Crippen LogP) is 2.82. The Kier molecular flexibility index (Phi) is 5.01. The van der Waals surface area contributed by atoms with E-state index >= 15 is 0 Å². The molecule has 1 saturated heterocycles. The molecule has 0 spiro atoms. The van der Waals surface area contributed by atoms with E-state index in [4.69, 9.17) is 11.6 Å². The number of hydrogen-bond acceptors (Lipinski definition) is 3. The molecule has 1 amide bonds. The quantitative estimate of drug-likeness (QED) is 0.696. The molecule has 3 aromatic rings. The van der Waals surface area contributed by atoms with Gasteiger partial charge in [-0.25, -0.2) is 0 Å². The Labute approximate surface area is 163 Å².